The molecule has 0 saturated carbocycles. The Hall–Kier alpha value is -0.780. The van der Waals surface area contributed by atoms with Gasteiger partial charge in [-0.1, -0.05) is 0 Å². The molecule has 0 aliphatic carbocycles. The smallest absolute Gasteiger partial charge is 0.139 e. The SMILES string of the molecule is Oc1cccnc1C(O)C(O)CCS. The van der Waals surface area contributed by atoms with Crippen LogP contribution in [0.5, 0.6) is 5.75 Å². The predicted molar refractivity (Wildman–Crippen MR) is 55.3 cm³/mol. The number of thiol groups is 1. The highest BCUT2D eigenvalue weighted by Gasteiger charge is 2.21. The molecule has 2 unspecified atom stereocenters. The molecule has 3 N–H and O–H groups in total. The average Bonchev–Trinajstić information content (AvgIpc) is 2.18. The van der Waals surface area contributed by atoms with Crippen molar-refractivity contribution in [1.29, 1.82) is 0 Å². The van der Waals surface area contributed by atoms with Crippen molar-refractivity contribution in [3.8, 4) is 5.75 Å². The Morgan fingerprint density at radius 3 is 2.71 bits per heavy atom. The van der Waals surface area contributed by atoms with Crippen LogP contribution in [0.4, 0.5) is 0 Å². The fourth-order valence-electron chi connectivity index (χ4n) is 1.11. The zero-order valence-corrected chi connectivity index (χ0v) is 8.43. The highest BCUT2D eigenvalue weighted by atomic mass is 32.1. The lowest BCUT2D eigenvalue weighted by Gasteiger charge is -2.16. The molecule has 5 heteroatoms. The molecule has 0 spiro atoms. The quantitative estimate of drug-likeness (QED) is 0.552. The number of aromatic nitrogens is 1. The fourth-order valence-corrected chi connectivity index (χ4v) is 1.37. The van der Waals surface area contributed by atoms with Gasteiger partial charge in [0.05, 0.1) is 6.10 Å². The van der Waals surface area contributed by atoms with Crippen LogP contribution in [0.25, 0.3) is 0 Å². The van der Waals surface area contributed by atoms with E-state index < -0.39 is 12.2 Å². The first-order valence-electron chi connectivity index (χ1n) is 4.27. The van der Waals surface area contributed by atoms with Crippen LogP contribution in [0.15, 0.2) is 18.3 Å². The van der Waals surface area contributed by atoms with Crippen LogP contribution >= 0.6 is 12.6 Å². The topological polar surface area (TPSA) is 73.6 Å². The third-order valence-corrected chi connectivity index (χ3v) is 2.14. The molecular formula is C9H13NO3S. The van der Waals surface area contributed by atoms with Crippen molar-refractivity contribution in [2.75, 3.05) is 5.75 Å². The van der Waals surface area contributed by atoms with E-state index >= 15 is 0 Å². The van der Waals surface area contributed by atoms with E-state index in [0.29, 0.717) is 12.2 Å². The number of rotatable bonds is 4. The van der Waals surface area contributed by atoms with Gasteiger partial charge in [-0.3, -0.25) is 4.98 Å². The van der Waals surface area contributed by atoms with E-state index in [1.54, 1.807) is 6.07 Å². The van der Waals surface area contributed by atoms with Gasteiger partial charge in [0, 0.05) is 6.20 Å². The van der Waals surface area contributed by atoms with Crippen molar-refractivity contribution < 1.29 is 15.3 Å². The molecular weight excluding hydrogens is 202 g/mol. The number of pyridine rings is 1. The van der Waals surface area contributed by atoms with Gasteiger partial charge in [0.1, 0.15) is 17.5 Å². The zero-order chi connectivity index (χ0) is 10.6. The monoisotopic (exact) mass is 215 g/mol. The van der Waals surface area contributed by atoms with Gasteiger partial charge in [0.25, 0.3) is 0 Å². The molecule has 0 bridgehead atoms. The minimum absolute atomic E-state index is 0.0989. The number of hydrogen-bond acceptors (Lipinski definition) is 5. The normalized spacial score (nSPS) is 15.1. The summed E-state index contributed by atoms with van der Waals surface area (Å²) in [6.07, 6.45) is -0.317. The Kier molecular flexibility index (Phi) is 4.19. The van der Waals surface area contributed by atoms with Crippen molar-refractivity contribution in [2.45, 2.75) is 18.6 Å². The first-order chi connectivity index (χ1) is 6.66. The third kappa shape index (κ3) is 2.60. The molecule has 0 aliphatic heterocycles. The maximum atomic E-state index is 9.59. The standard InChI is InChI=1S/C9H13NO3S/c11-6-2-1-4-10-8(6)9(13)7(12)3-5-14/h1-2,4,7,9,11-14H,3,5H2. The summed E-state index contributed by atoms with van der Waals surface area (Å²) in [7, 11) is 0. The van der Waals surface area contributed by atoms with Crippen LogP contribution in [0.2, 0.25) is 0 Å². The fraction of sp³-hybridized carbons (Fsp3) is 0.444. The molecule has 14 heavy (non-hydrogen) atoms. The molecule has 0 aliphatic rings. The number of nitrogens with zero attached hydrogens (tertiary/aromatic N) is 1. The van der Waals surface area contributed by atoms with Crippen LogP contribution in [0.3, 0.4) is 0 Å². The molecule has 0 amide bonds. The average molecular weight is 215 g/mol. The molecule has 1 aromatic rings. The lowest BCUT2D eigenvalue weighted by atomic mass is 10.1. The Morgan fingerprint density at radius 2 is 2.14 bits per heavy atom. The molecule has 0 saturated heterocycles. The van der Waals surface area contributed by atoms with Crippen molar-refractivity contribution in [1.82, 2.24) is 4.98 Å². The maximum Gasteiger partial charge on any atom is 0.139 e. The van der Waals surface area contributed by atoms with Gasteiger partial charge < -0.3 is 15.3 Å². The minimum Gasteiger partial charge on any atom is -0.506 e. The lowest BCUT2D eigenvalue weighted by molar-refractivity contribution is 0.0132. The largest absolute Gasteiger partial charge is 0.506 e. The minimum atomic E-state index is -1.16. The van der Waals surface area contributed by atoms with Gasteiger partial charge in [-0.05, 0) is 24.3 Å². The van der Waals surface area contributed by atoms with Crippen molar-refractivity contribution in [3.63, 3.8) is 0 Å². The van der Waals surface area contributed by atoms with E-state index in [4.69, 9.17) is 0 Å². The second-order valence-electron chi connectivity index (χ2n) is 2.93. The maximum absolute atomic E-state index is 9.59. The highest BCUT2D eigenvalue weighted by Crippen LogP contribution is 2.24. The van der Waals surface area contributed by atoms with Crippen molar-refractivity contribution in [3.05, 3.63) is 24.0 Å². The van der Waals surface area contributed by atoms with E-state index in [9.17, 15) is 15.3 Å². The summed E-state index contributed by atoms with van der Waals surface area (Å²) < 4.78 is 0. The Balaban J connectivity index is 2.78. The molecule has 0 aromatic carbocycles. The molecule has 1 aromatic heterocycles. The molecule has 78 valence electrons. The molecule has 2 atom stereocenters. The van der Waals surface area contributed by atoms with E-state index in [-0.39, 0.29) is 11.4 Å². The van der Waals surface area contributed by atoms with Gasteiger partial charge in [-0.15, -0.1) is 0 Å². The molecule has 0 fully saturated rings. The molecule has 1 heterocycles. The van der Waals surface area contributed by atoms with Crippen LogP contribution in [0.1, 0.15) is 18.2 Å². The van der Waals surface area contributed by atoms with Gasteiger partial charge in [-0.2, -0.15) is 12.6 Å². The van der Waals surface area contributed by atoms with Crippen molar-refractivity contribution >= 4 is 12.6 Å². The predicted octanol–water partition coefficient (Wildman–Crippen LogP) is 0.501. The number of aliphatic hydroxyl groups is 2. The van der Waals surface area contributed by atoms with Gasteiger partial charge in [0.2, 0.25) is 0 Å². The highest BCUT2D eigenvalue weighted by molar-refractivity contribution is 7.80. The Bertz CT molecular complexity index is 295. The van der Waals surface area contributed by atoms with Crippen molar-refractivity contribution in [2.24, 2.45) is 0 Å². The lowest BCUT2D eigenvalue weighted by Crippen LogP contribution is -2.19. The van der Waals surface area contributed by atoms with Gasteiger partial charge in [-0.25, -0.2) is 0 Å². The summed E-state index contributed by atoms with van der Waals surface area (Å²) in [5.74, 6) is 0.351. The Labute approximate surface area is 87.6 Å². The van der Waals surface area contributed by atoms with Gasteiger partial charge in [0.15, 0.2) is 0 Å². The van der Waals surface area contributed by atoms with Gasteiger partial charge >= 0.3 is 0 Å². The molecule has 1 rings (SSSR count). The third-order valence-electron chi connectivity index (χ3n) is 1.89. The second kappa shape index (κ2) is 5.19. The first kappa shape index (κ1) is 11.3. The number of hydrogen-bond donors (Lipinski definition) is 4. The summed E-state index contributed by atoms with van der Waals surface area (Å²) in [4.78, 5) is 3.80. The molecule has 4 nitrogen and oxygen atoms in total. The van der Waals surface area contributed by atoms with Crippen LogP contribution in [-0.2, 0) is 0 Å². The number of aliphatic hydroxyl groups excluding tert-OH is 2. The number of aromatic hydroxyl groups is 1. The summed E-state index contributed by atoms with van der Waals surface area (Å²) in [6.45, 7) is 0. The summed E-state index contributed by atoms with van der Waals surface area (Å²) in [5.41, 5.74) is 0.0989. The second-order valence-corrected chi connectivity index (χ2v) is 3.38. The van der Waals surface area contributed by atoms with Crippen LogP contribution in [0, 0.1) is 0 Å². The molecule has 0 radical (unpaired) electrons. The van der Waals surface area contributed by atoms with Crippen LogP contribution < -0.4 is 0 Å². The Morgan fingerprint density at radius 1 is 1.43 bits per heavy atom. The first-order valence-corrected chi connectivity index (χ1v) is 4.91. The van der Waals surface area contributed by atoms with E-state index in [0.717, 1.165) is 0 Å². The van der Waals surface area contributed by atoms with E-state index in [2.05, 4.69) is 17.6 Å². The zero-order valence-electron chi connectivity index (χ0n) is 7.54. The van der Waals surface area contributed by atoms with Crippen LogP contribution in [-0.4, -0.2) is 32.2 Å². The summed E-state index contributed by atoms with van der Waals surface area (Å²) in [5, 5.41) is 28.4. The summed E-state index contributed by atoms with van der Waals surface area (Å²) >= 11 is 3.94. The van der Waals surface area contributed by atoms with E-state index in [1.807, 2.05) is 0 Å². The summed E-state index contributed by atoms with van der Waals surface area (Å²) in [6, 6.07) is 2.97. The van der Waals surface area contributed by atoms with E-state index in [1.165, 1.54) is 12.3 Å².